The summed E-state index contributed by atoms with van der Waals surface area (Å²) in [5.41, 5.74) is 10.7. The van der Waals surface area contributed by atoms with Crippen LogP contribution in [0, 0.1) is 13.8 Å². The van der Waals surface area contributed by atoms with Gasteiger partial charge in [0.15, 0.2) is 0 Å². The number of piperidine rings is 1. The Morgan fingerprint density at radius 3 is 2.53 bits per heavy atom. The fourth-order valence-corrected chi connectivity index (χ4v) is 4.70. The summed E-state index contributed by atoms with van der Waals surface area (Å²) >= 11 is 0. The molecule has 2 aliphatic rings. The van der Waals surface area contributed by atoms with Crippen LogP contribution in [0.4, 0.5) is 0 Å². The minimum atomic E-state index is -0.236. The SMILES string of the molecule is COc1ccccc1C(=O)NC1CCN(C(=O)C2CC(c3ccc(C)cc3C)NN2)CC1. The molecule has 4 rings (SSSR count). The lowest BCUT2D eigenvalue weighted by Crippen LogP contribution is -2.51. The number of hydrogen-bond acceptors (Lipinski definition) is 5. The predicted octanol–water partition coefficient (Wildman–Crippen LogP) is 2.64. The third-order valence-corrected chi connectivity index (χ3v) is 6.50. The van der Waals surface area contributed by atoms with Crippen LogP contribution in [0.2, 0.25) is 0 Å². The lowest BCUT2D eigenvalue weighted by Gasteiger charge is -2.33. The van der Waals surface area contributed by atoms with Crippen molar-refractivity contribution in [2.24, 2.45) is 0 Å². The summed E-state index contributed by atoms with van der Waals surface area (Å²) in [6.07, 6.45) is 2.22. The molecular weight excluding hydrogens is 404 g/mol. The molecule has 2 aromatic carbocycles. The van der Waals surface area contributed by atoms with Crippen molar-refractivity contribution in [3.8, 4) is 5.75 Å². The van der Waals surface area contributed by atoms with Crippen LogP contribution in [0.15, 0.2) is 42.5 Å². The van der Waals surface area contributed by atoms with Crippen LogP contribution < -0.4 is 20.9 Å². The van der Waals surface area contributed by atoms with Gasteiger partial charge in [-0.2, -0.15) is 0 Å². The van der Waals surface area contributed by atoms with E-state index in [1.54, 1.807) is 19.2 Å². The van der Waals surface area contributed by atoms with E-state index in [0.717, 1.165) is 19.3 Å². The number of amides is 2. The Morgan fingerprint density at radius 1 is 1.06 bits per heavy atom. The largest absolute Gasteiger partial charge is 0.496 e. The van der Waals surface area contributed by atoms with Gasteiger partial charge in [0, 0.05) is 25.2 Å². The molecule has 7 heteroatoms. The van der Waals surface area contributed by atoms with Gasteiger partial charge in [0.1, 0.15) is 11.8 Å². The number of nitrogens with zero attached hydrogens (tertiary/aromatic N) is 1. The zero-order chi connectivity index (χ0) is 22.7. The molecule has 32 heavy (non-hydrogen) atoms. The van der Waals surface area contributed by atoms with Crippen molar-refractivity contribution in [1.82, 2.24) is 21.1 Å². The summed E-state index contributed by atoms with van der Waals surface area (Å²) < 4.78 is 5.29. The topological polar surface area (TPSA) is 82.7 Å². The summed E-state index contributed by atoms with van der Waals surface area (Å²) in [7, 11) is 1.56. The van der Waals surface area contributed by atoms with Crippen molar-refractivity contribution in [3.05, 3.63) is 64.7 Å². The van der Waals surface area contributed by atoms with Gasteiger partial charge >= 0.3 is 0 Å². The quantitative estimate of drug-likeness (QED) is 0.671. The number of hydrazine groups is 1. The highest BCUT2D eigenvalue weighted by atomic mass is 16.5. The number of carbonyl (C=O) groups excluding carboxylic acids is 2. The maximum absolute atomic E-state index is 13.1. The number of aryl methyl sites for hydroxylation is 2. The van der Waals surface area contributed by atoms with Crippen LogP contribution in [0.25, 0.3) is 0 Å². The highest BCUT2D eigenvalue weighted by molar-refractivity contribution is 5.97. The van der Waals surface area contributed by atoms with Gasteiger partial charge in [-0.15, -0.1) is 0 Å². The zero-order valence-corrected chi connectivity index (χ0v) is 19.0. The number of hydrogen-bond donors (Lipinski definition) is 3. The van der Waals surface area contributed by atoms with Crippen molar-refractivity contribution in [1.29, 1.82) is 0 Å². The Bertz CT molecular complexity index is 985. The number of likely N-dealkylation sites (tertiary alicyclic amines) is 1. The smallest absolute Gasteiger partial charge is 0.255 e. The van der Waals surface area contributed by atoms with Crippen LogP contribution in [-0.4, -0.2) is 49.0 Å². The summed E-state index contributed by atoms with van der Waals surface area (Å²) in [4.78, 5) is 27.6. The maximum atomic E-state index is 13.1. The molecule has 2 saturated heterocycles. The van der Waals surface area contributed by atoms with Crippen molar-refractivity contribution >= 4 is 11.8 Å². The van der Waals surface area contributed by atoms with Gasteiger partial charge in [-0.05, 0) is 56.4 Å². The van der Waals surface area contributed by atoms with E-state index in [1.807, 2.05) is 17.0 Å². The van der Waals surface area contributed by atoms with E-state index in [1.165, 1.54) is 16.7 Å². The van der Waals surface area contributed by atoms with Gasteiger partial charge < -0.3 is 15.0 Å². The average Bonchev–Trinajstić information content (AvgIpc) is 3.29. The molecular formula is C25H32N4O3. The predicted molar refractivity (Wildman–Crippen MR) is 123 cm³/mol. The van der Waals surface area contributed by atoms with Crippen molar-refractivity contribution in [2.75, 3.05) is 20.2 Å². The van der Waals surface area contributed by atoms with Gasteiger partial charge in [-0.3, -0.25) is 9.59 Å². The Kier molecular flexibility index (Phi) is 6.77. The summed E-state index contributed by atoms with van der Waals surface area (Å²) in [6, 6.07) is 13.6. The molecule has 2 aliphatic heterocycles. The van der Waals surface area contributed by atoms with E-state index in [0.29, 0.717) is 24.4 Å². The fourth-order valence-electron chi connectivity index (χ4n) is 4.70. The first-order chi connectivity index (χ1) is 15.5. The monoisotopic (exact) mass is 436 g/mol. The summed E-state index contributed by atoms with van der Waals surface area (Å²) in [6.45, 7) is 5.49. The van der Waals surface area contributed by atoms with Gasteiger partial charge in [0.2, 0.25) is 5.91 Å². The Labute approximate surface area is 189 Å². The molecule has 0 aromatic heterocycles. The molecule has 2 amide bonds. The average molecular weight is 437 g/mol. The molecule has 0 aliphatic carbocycles. The number of methoxy groups -OCH3 is 1. The lowest BCUT2D eigenvalue weighted by molar-refractivity contribution is -0.134. The number of rotatable bonds is 5. The van der Waals surface area contributed by atoms with Crippen LogP contribution in [-0.2, 0) is 4.79 Å². The number of ether oxygens (including phenoxy) is 1. The van der Waals surface area contributed by atoms with E-state index in [2.05, 4.69) is 48.2 Å². The lowest BCUT2D eigenvalue weighted by atomic mass is 9.95. The number of nitrogens with one attached hydrogen (secondary N) is 3. The normalized spacial score (nSPS) is 21.4. The second-order valence-electron chi connectivity index (χ2n) is 8.76. The summed E-state index contributed by atoms with van der Waals surface area (Å²) in [5, 5.41) is 3.09. The standard InChI is InChI=1S/C25H32N4O3/c1-16-8-9-19(17(2)14-16)21-15-22(28-27-21)25(31)29-12-10-18(11-13-29)26-24(30)20-6-4-5-7-23(20)32-3/h4-9,14,18,21-22,27-28H,10-13,15H2,1-3H3,(H,26,30). The first-order valence-corrected chi connectivity index (χ1v) is 11.3. The minimum Gasteiger partial charge on any atom is -0.496 e. The minimum absolute atomic E-state index is 0.0501. The molecule has 0 bridgehead atoms. The van der Waals surface area contributed by atoms with E-state index in [9.17, 15) is 9.59 Å². The van der Waals surface area contributed by atoms with E-state index in [4.69, 9.17) is 4.74 Å². The van der Waals surface area contributed by atoms with Crippen molar-refractivity contribution < 1.29 is 14.3 Å². The number of carbonyl (C=O) groups is 2. The van der Waals surface area contributed by atoms with Crippen LogP contribution >= 0.6 is 0 Å². The Hall–Kier alpha value is -2.90. The van der Waals surface area contributed by atoms with Gasteiger partial charge in [-0.25, -0.2) is 10.9 Å². The number of benzene rings is 2. The third-order valence-electron chi connectivity index (χ3n) is 6.50. The first-order valence-electron chi connectivity index (χ1n) is 11.3. The Morgan fingerprint density at radius 2 is 1.81 bits per heavy atom. The van der Waals surface area contributed by atoms with Gasteiger partial charge in [-0.1, -0.05) is 35.9 Å². The molecule has 0 spiro atoms. The van der Waals surface area contributed by atoms with Crippen molar-refractivity contribution in [3.63, 3.8) is 0 Å². The fraction of sp³-hybridized carbons (Fsp3) is 0.440. The zero-order valence-electron chi connectivity index (χ0n) is 19.0. The van der Waals surface area contributed by atoms with Crippen molar-refractivity contribution in [2.45, 2.75) is 51.2 Å². The van der Waals surface area contributed by atoms with E-state index >= 15 is 0 Å². The maximum Gasteiger partial charge on any atom is 0.255 e. The molecule has 2 unspecified atom stereocenters. The van der Waals surface area contributed by atoms with Crippen LogP contribution in [0.3, 0.4) is 0 Å². The van der Waals surface area contributed by atoms with E-state index in [-0.39, 0.29) is 29.9 Å². The molecule has 2 aromatic rings. The Balaban J connectivity index is 1.29. The molecule has 3 N–H and O–H groups in total. The second-order valence-corrected chi connectivity index (χ2v) is 8.76. The van der Waals surface area contributed by atoms with Crippen LogP contribution in [0.5, 0.6) is 5.75 Å². The summed E-state index contributed by atoms with van der Waals surface area (Å²) in [5.74, 6) is 0.556. The second kappa shape index (κ2) is 9.71. The molecule has 2 heterocycles. The van der Waals surface area contributed by atoms with E-state index < -0.39 is 0 Å². The molecule has 2 atom stereocenters. The molecule has 0 radical (unpaired) electrons. The third kappa shape index (κ3) is 4.79. The van der Waals surface area contributed by atoms with Gasteiger partial charge in [0.05, 0.1) is 12.7 Å². The number of para-hydroxylation sites is 1. The highest BCUT2D eigenvalue weighted by Gasteiger charge is 2.35. The highest BCUT2D eigenvalue weighted by Crippen LogP contribution is 2.27. The van der Waals surface area contributed by atoms with Gasteiger partial charge in [0.25, 0.3) is 5.91 Å². The molecule has 0 saturated carbocycles. The van der Waals surface area contributed by atoms with Crippen LogP contribution in [0.1, 0.15) is 52.4 Å². The first kappa shape index (κ1) is 22.3. The molecule has 2 fully saturated rings. The molecule has 170 valence electrons. The molecule has 7 nitrogen and oxygen atoms in total.